The Kier molecular flexibility index (Phi) is 6.62. The van der Waals surface area contributed by atoms with Crippen molar-refractivity contribution in [2.45, 2.75) is 69.7 Å². The van der Waals surface area contributed by atoms with Gasteiger partial charge >= 0.3 is 5.97 Å². The lowest BCUT2D eigenvalue weighted by Crippen LogP contribution is -2.62. The number of halogens is 2. The van der Waals surface area contributed by atoms with E-state index in [2.05, 4.69) is 15.4 Å². The molecule has 0 amide bonds. The van der Waals surface area contributed by atoms with Gasteiger partial charge in [0.1, 0.15) is 11.5 Å². The van der Waals surface area contributed by atoms with Crippen LogP contribution >= 0.6 is 34.5 Å². The fourth-order valence-corrected chi connectivity index (χ4v) is 7.65. The van der Waals surface area contributed by atoms with Gasteiger partial charge < -0.3 is 19.3 Å². The van der Waals surface area contributed by atoms with Crippen LogP contribution in [-0.2, 0) is 11.3 Å². The molecule has 1 N–H and O–H groups in total. The van der Waals surface area contributed by atoms with Gasteiger partial charge in [0.2, 0.25) is 0 Å². The van der Waals surface area contributed by atoms with E-state index in [-0.39, 0.29) is 6.10 Å². The van der Waals surface area contributed by atoms with Crippen molar-refractivity contribution in [3.63, 3.8) is 0 Å². The minimum Gasteiger partial charge on any atom is -0.478 e. The molecular weight excluding hydrogens is 569 g/mol. The largest absolute Gasteiger partial charge is 0.478 e. The maximum atomic E-state index is 11.4. The van der Waals surface area contributed by atoms with E-state index in [0.29, 0.717) is 51.5 Å². The highest BCUT2D eigenvalue weighted by atomic mass is 35.5. The molecule has 8 rings (SSSR count). The van der Waals surface area contributed by atoms with Gasteiger partial charge in [-0.25, -0.2) is 9.78 Å². The van der Waals surface area contributed by atoms with Crippen LogP contribution in [0.4, 0.5) is 5.13 Å². The third-order valence-corrected chi connectivity index (χ3v) is 9.78. The minimum absolute atomic E-state index is 0.141. The lowest BCUT2D eigenvalue weighted by Gasteiger charge is -2.55. The number of nitrogens with zero attached hydrogens (tertiary/aromatic N) is 3. The SMILES string of the molecule is Cc1cc(-c2csc(N3C4CC(OCc5c(-c6c(Cl)cccc6Cl)noc5C5CC5)C[C@H]3C4)n2)ccc1C(=O)O. The number of aromatic nitrogens is 2. The number of benzene rings is 2. The summed E-state index contributed by atoms with van der Waals surface area (Å²) < 4.78 is 12.3. The lowest BCUT2D eigenvalue weighted by atomic mass is 9.78. The number of piperidine rings is 1. The van der Waals surface area contributed by atoms with Crippen LogP contribution in [0, 0.1) is 6.92 Å². The van der Waals surface area contributed by atoms with Gasteiger partial charge in [0, 0.05) is 40.1 Å². The molecule has 7 nitrogen and oxygen atoms in total. The quantitative estimate of drug-likeness (QED) is 0.221. The zero-order valence-electron chi connectivity index (χ0n) is 21.8. The Bertz CT molecular complexity index is 1580. The van der Waals surface area contributed by atoms with Crippen molar-refractivity contribution in [1.29, 1.82) is 0 Å². The van der Waals surface area contributed by atoms with Crippen LogP contribution in [0.2, 0.25) is 10.0 Å². The van der Waals surface area contributed by atoms with Gasteiger partial charge in [0.15, 0.2) is 5.13 Å². The summed E-state index contributed by atoms with van der Waals surface area (Å²) in [5.41, 5.74) is 5.21. The fourth-order valence-electron chi connectivity index (χ4n) is 6.10. The third kappa shape index (κ3) is 4.61. The molecular formula is C30H27Cl2N3O4S. The van der Waals surface area contributed by atoms with Gasteiger partial charge in [-0.3, -0.25) is 0 Å². The Balaban J connectivity index is 1.04. The smallest absolute Gasteiger partial charge is 0.335 e. The third-order valence-electron chi connectivity index (χ3n) is 8.30. The number of fused-ring (bicyclic) bond motifs is 2. The first-order valence-electron chi connectivity index (χ1n) is 13.5. The summed E-state index contributed by atoms with van der Waals surface area (Å²) in [5.74, 6) is 0.375. The van der Waals surface area contributed by atoms with Crippen molar-refractivity contribution in [1.82, 2.24) is 10.1 Å². The molecule has 2 aliphatic carbocycles. The number of anilines is 1. The van der Waals surface area contributed by atoms with Crippen molar-refractivity contribution in [2.24, 2.45) is 0 Å². The van der Waals surface area contributed by atoms with E-state index >= 15 is 0 Å². The lowest BCUT2D eigenvalue weighted by molar-refractivity contribution is -0.0169. The summed E-state index contributed by atoms with van der Waals surface area (Å²) in [5, 5.41) is 17.9. The molecule has 2 saturated heterocycles. The van der Waals surface area contributed by atoms with Crippen molar-refractivity contribution in [2.75, 3.05) is 4.90 Å². The fraction of sp³-hybridized carbons (Fsp3) is 0.367. The maximum Gasteiger partial charge on any atom is 0.335 e. The molecule has 2 aromatic carbocycles. The van der Waals surface area contributed by atoms with Crippen molar-refractivity contribution in [3.05, 3.63) is 74.3 Å². The molecule has 3 atom stereocenters. The number of rotatable bonds is 8. The van der Waals surface area contributed by atoms with Crippen LogP contribution in [0.15, 0.2) is 46.3 Å². The van der Waals surface area contributed by atoms with Crippen LogP contribution in [0.25, 0.3) is 22.5 Å². The average molecular weight is 597 g/mol. The number of carboxylic acid groups (broad SMARTS) is 1. The molecule has 2 bridgehead atoms. The average Bonchev–Trinajstić information content (AvgIpc) is 3.51. The molecule has 2 unspecified atom stereocenters. The zero-order valence-corrected chi connectivity index (χ0v) is 24.1. The number of carbonyl (C=O) groups is 1. The van der Waals surface area contributed by atoms with Crippen molar-refractivity contribution >= 4 is 45.6 Å². The van der Waals surface area contributed by atoms with E-state index in [1.54, 1.807) is 17.4 Å². The summed E-state index contributed by atoms with van der Waals surface area (Å²) in [6.45, 7) is 2.24. The monoisotopic (exact) mass is 595 g/mol. The first-order chi connectivity index (χ1) is 19.4. The van der Waals surface area contributed by atoms with E-state index in [0.717, 1.165) is 65.4 Å². The van der Waals surface area contributed by atoms with E-state index < -0.39 is 5.97 Å². The number of carboxylic acids is 1. The number of hydrogen-bond acceptors (Lipinski definition) is 7. The topological polar surface area (TPSA) is 88.7 Å². The molecule has 10 heteroatoms. The Morgan fingerprint density at radius 1 is 1.15 bits per heavy atom. The summed E-state index contributed by atoms with van der Waals surface area (Å²) in [6.07, 6.45) is 5.34. The predicted octanol–water partition coefficient (Wildman–Crippen LogP) is 7.98. The van der Waals surface area contributed by atoms with Crippen LogP contribution in [0.1, 0.15) is 65.3 Å². The van der Waals surface area contributed by atoms with Gasteiger partial charge in [0.25, 0.3) is 0 Å². The maximum absolute atomic E-state index is 11.4. The highest BCUT2D eigenvalue weighted by Crippen LogP contribution is 2.48. The highest BCUT2D eigenvalue weighted by Gasteiger charge is 2.47. The number of hydrogen-bond donors (Lipinski definition) is 1. The first kappa shape index (κ1) is 26.0. The van der Waals surface area contributed by atoms with Gasteiger partial charge in [0.05, 0.1) is 34.0 Å². The highest BCUT2D eigenvalue weighted by molar-refractivity contribution is 7.14. The molecule has 4 aliphatic rings. The Labute approximate surface area is 245 Å². The van der Waals surface area contributed by atoms with Gasteiger partial charge in [-0.1, -0.05) is 40.5 Å². The second-order valence-corrected chi connectivity index (χ2v) is 12.6. The first-order valence-corrected chi connectivity index (χ1v) is 15.1. The standard InChI is InChI=1S/C30H27Cl2N3O4S/c1-15-9-17(7-8-21(15)29(36)37)25-14-40-30(33-25)35-18-10-19(35)12-20(11-18)38-13-22-27(34-39-28(22)16-5-6-16)26-23(31)3-2-4-24(26)32/h2-4,7-9,14,16,18-20H,5-6,10-13H2,1H3,(H,36,37)/t18-,19?,20?/m1/s1. The van der Waals surface area contributed by atoms with E-state index in [9.17, 15) is 9.90 Å². The van der Waals surface area contributed by atoms with Crippen LogP contribution < -0.4 is 4.90 Å². The Hall–Kier alpha value is -2.91. The summed E-state index contributed by atoms with van der Waals surface area (Å²) in [7, 11) is 0. The number of aryl methyl sites for hydroxylation is 1. The van der Waals surface area contributed by atoms with Crippen LogP contribution in [-0.4, -0.2) is 39.4 Å². The summed E-state index contributed by atoms with van der Waals surface area (Å²) >= 11 is 14.7. The predicted molar refractivity (Wildman–Crippen MR) is 156 cm³/mol. The summed E-state index contributed by atoms with van der Waals surface area (Å²) in [4.78, 5) is 18.7. The molecule has 2 saturated carbocycles. The molecule has 2 aliphatic heterocycles. The molecule has 2 aromatic heterocycles. The van der Waals surface area contributed by atoms with E-state index in [1.165, 1.54) is 0 Å². The van der Waals surface area contributed by atoms with Gasteiger partial charge in [-0.2, -0.15) is 0 Å². The van der Waals surface area contributed by atoms with Gasteiger partial charge in [-0.15, -0.1) is 11.3 Å². The molecule has 40 heavy (non-hydrogen) atoms. The minimum atomic E-state index is -0.912. The number of aromatic carboxylic acids is 1. The zero-order chi connectivity index (χ0) is 27.5. The Morgan fingerprint density at radius 3 is 2.58 bits per heavy atom. The number of ether oxygens (including phenoxy) is 1. The Morgan fingerprint density at radius 2 is 1.90 bits per heavy atom. The second kappa shape index (κ2) is 10.2. The molecule has 0 radical (unpaired) electrons. The van der Waals surface area contributed by atoms with Gasteiger partial charge in [-0.05, 0) is 68.9 Å². The molecule has 4 fully saturated rings. The van der Waals surface area contributed by atoms with Crippen LogP contribution in [0.3, 0.4) is 0 Å². The molecule has 206 valence electrons. The normalized spacial score (nSPS) is 21.9. The second-order valence-electron chi connectivity index (χ2n) is 11.0. The molecule has 4 heterocycles. The summed E-state index contributed by atoms with van der Waals surface area (Å²) in [6, 6.07) is 11.6. The van der Waals surface area contributed by atoms with E-state index in [4.69, 9.17) is 37.4 Å². The van der Waals surface area contributed by atoms with E-state index in [1.807, 2.05) is 37.3 Å². The van der Waals surface area contributed by atoms with Crippen LogP contribution in [0.5, 0.6) is 0 Å². The molecule has 0 spiro atoms. The van der Waals surface area contributed by atoms with Crippen molar-refractivity contribution in [3.8, 4) is 22.5 Å². The molecule has 4 aromatic rings. The number of thiazole rings is 1. The van der Waals surface area contributed by atoms with Crippen molar-refractivity contribution < 1.29 is 19.2 Å².